The molecule has 0 unspecified atom stereocenters. The highest BCUT2D eigenvalue weighted by Crippen LogP contribution is 2.22. The summed E-state index contributed by atoms with van der Waals surface area (Å²) in [5.74, 6) is 0. The maximum absolute atomic E-state index is 10.4. The fourth-order valence-corrected chi connectivity index (χ4v) is 1.06. The van der Waals surface area contributed by atoms with Crippen LogP contribution in [-0.2, 0) is 0 Å². The lowest BCUT2D eigenvalue weighted by molar-refractivity contribution is 0.210. The van der Waals surface area contributed by atoms with Crippen LogP contribution in [0.5, 0.6) is 0 Å². The average Bonchev–Trinajstić information content (AvgIpc) is 1.99. The molecule has 0 heterocycles. The van der Waals surface area contributed by atoms with Gasteiger partial charge in [0.25, 0.3) is 0 Å². The largest absolute Gasteiger partial charge is 0.465 e. The van der Waals surface area contributed by atoms with E-state index in [1.165, 1.54) is 0 Å². The number of rotatable bonds is 1. The van der Waals surface area contributed by atoms with Gasteiger partial charge >= 0.3 is 6.09 Å². The monoisotopic (exact) mass is 180 g/mol. The molecular formula is C9H12N2O2. The second-order valence-electron chi connectivity index (χ2n) is 2.95. The van der Waals surface area contributed by atoms with Gasteiger partial charge < -0.3 is 10.8 Å². The number of carboxylic acid groups (broad SMARTS) is 1. The summed E-state index contributed by atoms with van der Waals surface area (Å²) in [6.07, 6.45) is -1.10. The van der Waals surface area contributed by atoms with E-state index in [2.05, 4.69) is 5.32 Å². The first-order chi connectivity index (χ1) is 6.00. The summed E-state index contributed by atoms with van der Waals surface area (Å²) in [4.78, 5) is 10.4. The zero-order valence-electron chi connectivity index (χ0n) is 7.59. The summed E-state index contributed by atoms with van der Waals surface area (Å²) in [5, 5.41) is 10.7. The average molecular weight is 180 g/mol. The van der Waals surface area contributed by atoms with E-state index in [0.29, 0.717) is 11.4 Å². The Morgan fingerprint density at radius 1 is 1.38 bits per heavy atom. The van der Waals surface area contributed by atoms with Crippen molar-refractivity contribution in [2.45, 2.75) is 13.8 Å². The van der Waals surface area contributed by atoms with Gasteiger partial charge in [0.1, 0.15) is 0 Å². The minimum absolute atomic E-state index is 0.440. The van der Waals surface area contributed by atoms with E-state index in [1.807, 2.05) is 13.8 Å². The van der Waals surface area contributed by atoms with Gasteiger partial charge in [-0.05, 0) is 37.1 Å². The van der Waals surface area contributed by atoms with E-state index in [0.717, 1.165) is 11.1 Å². The second-order valence-corrected chi connectivity index (χ2v) is 2.95. The van der Waals surface area contributed by atoms with Crippen molar-refractivity contribution in [2.24, 2.45) is 0 Å². The number of amides is 1. The first kappa shape index (κ1) is 9.38. The Labute approximate surface area is 76.4 Å². The van der Waals surface area contributed by atoms with Crippen molar-refractivity contribution in [2.75, 3.05) is 11.1 Å². The molecule has 0 bridgehead atoms. The summed E-state index contributed by atoms with van der Waals surface area (Å²) in [7, 11) is 0. The van der Waals surface area contributed by atoms with E-state index in [4.69, 9.17) is 10.8 Å². The van der Waals surface area contributed by atoms with Crippen LogP contribution in [0.1, 0.15) is 11.1 Å². The molecular weight excluding hydrogens is 168 g/mol. The fraction of sp³-hybridized carbons (Fsp3) is 0.222. The van der Waals surface area contributed by atoms with Gasteiger partial charge in [-0.2, -0.15) is 0 Å². The first-order valence-corrected chi connectivity index (χ1v) is 3.87. The van der Waals surface area contributed by atoms with Gasteiger partial charge in [0.15, 0.2) is 0 Å². The fourth-order valence-electron chi connectivity index (χ4n) is 1.06. The molecule has 0 fully saturated rings. The van der Waals surface area contributed by atoms with Crippen LogP contribution in [0.3, 0.4) is 0 Å². The third-order valence-corrected chi connectivity index (χ3v) is 1.91. The van der Waals surface area contributed by atoms with E-state index in [1.54, 1.807) is 12.1 Å². The molecule has 1 aromatic rings. The van der Waals surface area contributed by atoms with Gasteiger partial charge in [-0.15, -0.1) is 0 Å². The van der Waals surface area contributed by atoms with Crippen LogP contribution in [0.25, 0.3) is 0 Å². The molecule has 1 aromatic carbocycles. The van der Waals surface area contributed by atoms with E-state index in [-0.39, 0.29) is 0 Å². The van der Waals surface area contributed by atoms with Gasteiger partial charge in [0.05, 0.1) is 11.4 Å². The Balaban J connectivity index is 3.08. The molecule has 0 aliphatic rings. The molecule has 4 N–H and O–H groups in total. The van der Waals surface area contributed by atoms with Gasteiger partial charge in [-0.25, -0.2) is 4.79 Å². The zero-order valence-corrected chi connectivity index (χ0v) is 7.59. The summed E-state index contributed by atoms with van der Waals surface area (Å²) >= 11 is 0. The smallest absolute Gasteiger partial charge is 0.409 e. The Morgan fingerprint density at radius 3 is 2.46 bits per heavy atom. The number of aryl methyl sites for hydroxylation is 2. The number of nitrogen functional groups attached to an aromatic ring is 1. The van der Waals surface area contributed by atoms with E-state index >= 15 is 0 Å². The normalized spacial score (nSPS) is 9.69. The Morgan fingerprint density at radius 2 is 1.92 bits per heavy atom. The highest BCUT2D eigenvalue weighted by Gasteiger charge is 2.04. The number of anilines is 2. The number of nitrogens with one attached hydrogen (secondary N) is 1. The highest BCUT2D eigenvalue weighted by molar-refractivity contribution is 5.88. The van der Waals surface area contributed by atoms with Crippen molar-refractivity contribution in [3.05, 3.63) is 23.3 Å². The van der Waals surface area contributed by atoms with Crippen molar-refractivity contribution in [3.8, 4) is 0 Å². The summed E-state index contributed by atoms with van der Waals surface area (Å²) in [5.41, 5.74) is 8.56. The molecule has 0 aliphatic carbocycles. The lowest BCUT2D eigenvalue weighted by atomic mass is 10.1. The molecule has 1 rings (SSSR count). The molecule has 1 amide bonds. The highest BCUT2D eigenvalue weighted by atomic mass is 16.4. The molecule has 13 heavy (non-hydrogen) atoms. The third kappa shape index (κ3) is 2.11. The lowest BCUT2D eigenvalue weighted by Gasteiger charge is -2.08. The predicted molar refractivity (Wildman–Crippen MR) is 52.0 cm³/mol. The van der Waals surface area contributed by atoms with Crippen LogP contribution in [0.2, 0.25) is 0 Å². The maximum Gasteiger partial charge on any atom is 0.409 e. The Bertz CT molecular complexity index is 348. The zero-order chi connectivity index (χ0) is 10.0. The molecule has 0 spiro atoms. The second kappa shape index (κ2) is 3.35. The first-order valence-electron chi connectivity index (χ1n) is 3.87. The van der Waals surface area contributed by atoms with Crippen molar-refractivity contribution in [1.82, 2.24) is 0 Å². The number of benzene rings is 1. The van der Waals surface area contributed by atoms with Crippen LogP contribution < -0.4 is 11.1 Å². The van der Waals surface area contributed by atoms with Crippen molar-refractivity contribution >= 4 is 17.5 Å². The van der Waals surface area contributed by atoms with Crippen LogP contribution in [-0.4, -0.2) is 11.2 Å². The molecule has 0 radical (unpaired) electrons. The maximum atomic E-state index is 10.4. The lowest BCUT2D eigenvalue weighted by Crippen LogP contribution is -2.09. The van der Waals surface area contributed by atoms with E-state index < -0.39 is 6.09 Å². The minimum Gasteiger partial charge on any atom is -0.465 e. The minimum atomic E-state index is -1.10. The molecule has 0 aliphatic heterocycles. The number of hydrogen-bond donors (Lipinski definition) is 3. The van der Waals surface area contributed by atoms with Crippen molar-refractivity contribution < 1.29 is 9.90 Å². The third-order valence-electron chi connectivity index (χ3n) is 1.91. The van der Waals surface area contributed by atoms with Crippen LogP contribution in [0.4, 0.5) is 16.2 Å². The number of hydrogen-bond acceptors (Lipinski definition) is 2. The topological polar surface area (TPSA) is 75.3 Å². The summed E-state index contributed by atoms with van der Waals surface area (Å²) < 4.78 is 0. The Kier molecular flexibility index (Phi) is 2.41. The molecule has 0 saturated carbocycles. The standard InChI is InChI=1S/C9H12N2O2/c1-5-3-7(10)8(4-6(5)2)11-9(12)13/h3-4,11H,10H2,1-2H3,(H,12,13). The quantitative estimate of drug-likeness (QED) is 0.578. The molecule has 0 saturated heterocycles. The molecule has 0 atom stereocenters. The SMILES string of the molecule is Cc1cc(N)c(NC(=O)O)cc1C. The van der Waals surface area contributed by atoms with Gasteiger partial charge in [-0.1, -0.05) is 0 Å². The summed E-state index contributed by atoms with van der Waals surface area (Å²) in [6.45, 7) is 3.83. The molecule has 4 nitrogen and oxygen atoms in total. The number of nitrogens with two attached hydrogens (primary N) is 1. The molecule has 4 heteroatoms. The number of carbonyl (C=O) groups is 1. The molecule has 0 aromatic heterocycles. The van der Waals surface area contributed by atoms with Crippen molar-refractivity contribution in [3.63, 3.8) is 0 Å². The predicted octanol–water partition coefficient (Wildman–Crippen LogP) is 1.98. The van der Waals surface area contributed by atoms with E-state index in [9.17, 15) is 4.79 Å². The van der Waals surface area contributed by atoms with Crippen LogP contribution in [0, 0.1) is 13.8 Å². The molecule has 70 valence electrons. The van der Waals surface area contributed by atoms with Crippen LogP contribution in [0.15, 0.2) is 12.1 Å². The van der Waals surface area contributed by atoms with Crippen LogP contribution >= 0.6 is 0 Å². The Hall–Kier alpha value is -1.71. The van der Waals surface area contributed by atoms with Gasteiger partial charge in [-0.3, -0.25) is 5.32 Å². The van der Waals surface area contributed by atoms with Gasteiger partial charge in [0, 0.05) is 0 Å². The summed E-state index contributed by atoms with van der Waals surface area (Å²) in [6, 6.07) is 3.47. The van der Waals surface area contributed by atoms with Crippen molar-refractivity contribution in [1.29, 1.82) is 0 Å². The van der Waals surface area contributed by atoms with Gasteiger partial charge in [0.2, 0.25) is 0 Å².